The monoisotopic (exact) mass is 186 g/mol. The molecule has 0 heterocycles. The van der Waals surface area contributed by atoms with E-state index < -0.39 is 0 Å². The molecule has 1 aromatic carbocycles. The number of hydrogen-bond acceptors (Lipinski definition) is 0. The number of hydrogen-bond donors (Lipinski definition) is 0. The van der Waals surface area contributed by atoms with Crippen molar-refractivity contribution in [3.8, 4) is 0 Å². The summed E-state index contributed by atoms with van der Waals surface area (Å²) in [5.41, 5.74) is 4.71. The van der Waals surface area contributed by atoms with Crippen LogP contribution in [0.25, 0.3) is 0 Å². The average Bonchev–Trinajstić information content (AvgIpc) is 2.17. The SMILES string of the molecule is CC(C)/C=C1\CCc2ccccc2C1. The van der Waals surface area contributed by atoms with E-state index in [1.165, 1.54) is 24.8 Å². The van der Waals surface area contributed by atoms with Gasteiger partial charge in [-0.15, -0.1) is 0 Å². The van der Waals surface area contributed by atoms with Crippen LogP contribution in [0.3, 0.4) is 0 Å². The normalized spacial score (nSPS) is 18.6. The maximum atomic E-state index is 2.43. The van der Waals surface area contributed by atoms with Crippen LogP contribution in [0, 0.1) is 5.92 Å². The Labute approximate surface area is 86.7 Å². The van der Waals surface area contributed by atoms with Crippen LogP contribution in [-0.4, -0.2) is 0 Å². The minimum atomic E-state index is 0.690. The number of allylic oxidation sites excluding steroid dienone is 2. The lowest BCUT2D eigenvalue weighted by molar-refractivity contribution is 0.770. The molecule has 2 rings (SSSR count). The maximum absolute atomic E-state index is 2.43. The summed E-state index contributed by atoms with van der Waals surface area (Å²) in [5, 5.41) is 0. The zero-order valence-electron chi connectivity index (χ0n) is 9.09. The number of aryl methyl sites for hydroxylation is 1. The van der Waals surface area contributed by atoms with Gasteiger partial charge in [-0.3, -0.25) is 0 Å². The number of benzene rings is 1. The van der Waals surface area contributed by atoms with Crippen LogP contribution >= 0.6 is 0 Å². The molecule has 1 aromatic rings. The first kappa shape index (κ1) is 9.51. The lowest BCUT2D eigenvalue weighted by Crippen LogP contribution is -2.05. The van der Waals surface area contributed by atoms with Crippen molar-refractivity contribution in [2.24, 2.45) is 5.92 Å². The molecule has 74 valence electrons. The Morgan fingerprint density at radius 2 is 1.79 bits per heavy atom. The minimum absolute atomic E-state index is 0.690. The zero-order valence-corrected chi connectivity index (χ0v) is 9.09. The molecule has 1 aliphatic carbocycles. The van der Waals surface area contributed by atoms with Gasteiger partial charge in [-0.1, -0.05) is 49.8 Å². The van der Waals surface area contributed by atoms with E-state index in [-0.39, 0.29) is 0 Å². The largest absolute Gasteiger partial charge is 0.0824 e. The molecule has 0 saturated heterocycles. The van der Waals surface area contributed by atoms with E-state index in [1.807, 2.05) is 0 Å². The summed E-state index contributed by atoms with van der Waals surface area (Å²) in [6.45, 7) is 4.51. The Morgan fingerprint density at radius 3 is 2.50 bits per heavy atom. The zero-order chi connectivity index (χ0) is 9.97. The minimum Gasteiger partial charge on any atom is -0.0824 e. The van der Waals surface area contributed by atoms with Crippen molar-refractivity contribution < 1.29 is 0 Å². The third kappa shape index (κ3) is 2.06. The van der Waals surface area contributed by atoms with Crippen LogP contribution < -0.4 is 0 Å². The van der Waals surface area contributed by atoms with Crippen LogP contribution in [0.4, 0.5) is 0 Å². The van der Waals surface area contributed by atoms with Gasteiger partial charge in [0.25, 0.3) is 0 Å². The predicted octanol–water partition coefficient (Wildman–Crippen LogP) is 3.76. The van der Waals surface area contributed by atoms with E-state index in [9.17, 15) is 0 Å². The van der Waals surface area contributed by atoms with Crippen molar-refractivity contribution in [2.75, 3.05) is 0 Å². The van der Waals surface area contributed by atoms with Crippen molar-refractivity contribution in [3.05, 3.63) is 47.0 Å². The van der Waals surface area contributed by atoms with Gasteiger partial charge in [0.05, 0.1) is 0 Å². The lowest BCUT2D eigenvalue weighted by Gasteiger charge is -2.19. The summed E-state index contributed by atoms with van der Waals surface area (Å²) < 4.78 is 0. The fraction of sp³-hybridized carbons (Fsp3) is 0.429. The molecule has 14 heavy (non-hydrogen) atoms. The maximum Gasteiger partial charge on any atom is -0.00642 e. The fourth-order valence-electron chi connectivity index (χ4n) is 2.22. The van der Waals surface area contributed by atoms with Crippen LogP contribution in [0.5, 0.6) is 0 Å². The molecule has 1 aliphatic rings. The highest BCUT2D eigenvalue weighted by Gasteiger charge is 2.11. The van der Waals surface area contributed by atoms with Crippen LogP contribution in [0.1, 0.15) is 31.4 Å². The molecular formula is C14H18. The summed E-state index contributed by atoms with van der Waals surface area (Å²) in [5.74, 6) is 0.690. The summed E-state index contributed by atoms with van der Waals surface area (Å²) in [7, 11) is 0. The molecule has 0 fully saturated rings. The molecule has 0 unspecified atom stereocenters. The Balaban J connectivity index is 2.21. The molecule has 0 saturated carbocycles. The number of fused-ring (bicyclic) bond motifs is 1. The molecule has 0 atom stereocenters. The topological polar surface area (TPSA) is 0 Å². The van der Waals surface area contributed by atoms with Crippen LogP contribution in [0.2, 0.25) is 0 Å². The van der Waals surface area contributed by atoms with Gasteiger partial charge in [-0.05, 0) is 36.3 Å². The first-order valence-corrected chi connectivity index (χ1v) is 5.52. The fourth-order valence-corrected chi connectivity index (χ4v) is 2.22. The van der Waals surface area contributed by atoms with Gasteiger partial charge in [0, 0.05) is 0 Å². The van der Waals surface area contributed by atoms with Crippen LogP contribution in [-0.2, 0) is 12.8 Å². The summed E-state index contributed by atoms with van der Waals surface area (Å²) in [6.07, 6.45) is 6.09. The molecule has 0 N–H and O–H groups in total. The molecule has 0 amide bonds. The van der Waals surface area contributed by atoms with Gasteiger partial charge in [-0.2, -0.15) is 0 Å². The van der Waals surface area contributed by atoms with Crippen molar-refractivity contribution in [3.63, 3.8) is 0 Å². The van der Waals surface area contributed by atoms with Gasteiger partial charge in [0.15, 0.2) is 0 Å². The Kier molecular flexibility index (Phi) is 2.72. The quantitative estimate of drug-likeness (QED) is 0.586. The van der Waals surface area contributed by atoms with Crippen molar-refractivity contribution in [1.29, 1.82) is 0 Å². The van der Waals surface area contributed by atoms with Gasteiger partial charge in [0.2, 0.25) is 0 Å². The highest BCUT2D eigenvalue weighted by molar-refractivity contribution is 5.35. The Bertz CT molecular complexity index is 345. The molecule has 0 heteroatoms. The summed E-state index contributed by atoms with van der Waals surface area (Å²) >= 11 is 0. The van der Waals surface area contributed by atoms with E-state index in [2.05, 4.69) is 44.2 Å². The molecule has 0 radical (unpaired) electrons. The van der Waals surface area contributed by atoms with Gasteiger partial charge >= 0.3 is 0 Å². The molecule has 0 aliphatic heterocycles. The third-order valence-corrected chi connectivity index (χ3v) is 2.82. The summed E-state index contributed by atoms with van der Waals surface area (Å²) in [4.78, 5) is 0. The molecule has 0 aromatic heterocycles. The molecule has 0 nitrogen and oxygen atoms in total. The summed E-state index contributed by atoms with van der Waals surface area (Å²) in [6, 6.07) is 8.83. The first-order valence-electron chi connectivity index (χ1n) is 5.52. The van der Waals surface area contributed by atoms with E-state index in [0.29, 0.717) is 5.92 Å². The van der Waals surface area contributed by atoms with Gasteiger partial charge in [-0.25, -0.2) is 0 Å². The standard InChI is InChI=1S/C14H18/c1-11(2)9-12-7-8-13-5-3-4-6-14(13)10-12/h3-6,9,11H,7-8,10H2,1-2H3/b12-9+. The molecular weight excluding hydrogens is 168 g/mol. The second-order valence-electron chi connectivity index (χ2n) is 4.51. The highest BCUT2D eigenvalue weighted by atomic mass is 14.2. The van der Waals surface area contributed by atoms with Gasteiger partial charge in [0.1, 0.15) is 0 Å². The van der Waals surface area contributed by atoms with Crippen molar-refractivity contribution in [2.45, 2.75) is 33.1 Å². The number of rotatable bonds is 1. The van der Waals surface area contributed by atoms with Crippen molar-refractivity contribution >= 4 is 0 Å². The lowest BCUT2D eigenvalue weighted by atomic mass is 9.87. The van der Waals surface area contributed by atoms with E-state index in [1.54, 1.807) is 11.1 Å². The van der Waals surface area contributed by atoms with Gasteiger partial charge < -0.3 is 0 Å². The first-order chi connectivity index (χ1) is 6.75. The van der Waals surface area contributed by atoms with Crippen molar-refractivity contribution in [1.82, 2.24) is 0 Å². The van der Waals surface area contributed by atoms with E-state index >= 15 is 0 Å². The highest BCUT2D eigenvalue weighted by Crippen LogP contribution is 2.25. The molecule has 0 spiro atoms. The predicted molar refractivity (Wildman–Crippen MR) is 61.4 cm³/mol. The Hall–Kier alpha value is -1.04. The second-order valence-corrected chi connectivity index (χ2v) is 4.51. The second kappa shape index (κ2) is 4.00. The smallest absolute Gasteiger partial charge is 0.00642 e. The molecule has 0 bridgehead atoms. The van der Waals surface area contributed by atoms with E-state index in [4.69, 9.17) is 0 Å². The van der Waals surface area contributed by atoms with E-state index in [0.717, 1.165) is 0 Å². The Morgan fingerprint density at radius 1 is 1.07 bits per heavy atom. The third-order valence-electron chi connectivity index (χ3n) is 2.82. The average molecular weight is 186 g/mol. The van der Waals surface area contributed by atoms with Crippen LogP contribution in [0.15, 0.2) is 35.9 Å².